The van der Waals surface area contributed by atoms with Crippen LogP contribution in [-0.2, 0) is 10.8 Å². The molecule has 2 heterocycles. The van der Waals surface area contributed by atoms with Crippen molar-refractivity contribution in [1.29, 1.82) is 0 Å². The summed E-state index contributed by atoms with van der Waals surface area (Å²) < 4.78 is 0. The fourth-order valence-corrected chi connectivity index (χ4v) is 8.09. The fraction of sp³-hybridized carbons (Fsp3) is 0.682. The highest BCUT2D eigenvalue weighted by atomic mass is 16.3. The molecule has 5 fully saturated rings. The molecule has 0 aromatic heterocycles. The van der Waals surface area contributed by atoms with Gasteiger partial charge in [0, 0.05) is 36.5 Å². The van der Waals surface area contributed by atoms with Gasteiger partial charge in [0.2, 0.25) is 0 Å². The van der Waals surface area contributed by atoms with Gasteiger partial charge in [0.05, 0.1) is 5.54 Å². The quantitative estimate of drug-likeness (QED) is 0.753. The van der Waals surface area contributed by atoms with Crippen molar-refractivity contribution in [3.63, 3.8) is 0 Å². The highest BCUT2D eigenvalue weighted by molar-refractivity contribution is 5.78. The van der Waals surface area contributed by atoms with Crippen LogP contribution >= 0.6 is 0 Å². The number of urea groups is 1. The number of phenolic OH excluding ortho intramolecular Hbond substituents is 1. The van der Waals surface area contributed by atoms with E-state index in [1.807, 2.05) is 6.07 Å². The van der Waals surface area contributed by atoms with Crippen LogP contribution in [0.25, 0.3) is 0 Å². The second kappa shape index (κ2) is 4.45. The molecule has 0 radical (unpaired) electrons. The van der Waals surface area contributed by atoms with Crippen molar-refractivity contribution in [2.45, 2.75) is 60.9 Å². The maximum absolute atomic E-state index is 12.0. The van der Waals surface area contributed by atoms with Crippen LogP contribution in [0.5, 0.6) is 5.75 Å². The summed E-state index contributed by atoms with van der Waals surface area (Å²) in [5, 5.41) is 16.6. The molecule has 1 unspecified atom stereocenters. The summed E-state index contributed by atoms with van der Waals surface area (Å²) in [5.41, 5.74) is 3.21. The van der Waals surface area contributed by atoms with Gasteiger partial charge < -0.3 is 15.7 Å². The lowest BCUT2D eigenvalue weighted by Crippen LogP contribution is -2.69. The third-order valence-electron chi connectivity index (χ3n) is 8.99. The summed E-state index contributed by atoms with van der Waals surface area (Å²) >= 11 is 0. The van der Waals surface area contributed by atoms with E-state index in [0.29, 0.717) is 23.1 Å². The van der Waals surface area contributed by atoms with Gasteiger partial charge in [0.15, 0.2) is 0 Å². The van der Waals surface area contributed by atoms with E-state index in [0.717, 1.165) is 25.3 Å². The topological polar surface area (TPSA) is 64.6 Å². The van der Waals surface area contributed by atoms with Gasteiger partial charge >= 0.3 is 6.03 Å². The highest BCUT2D eigenvalue weighted by Gasteiger charge is 2.76. The first-order valence-electron chi connectivity index (χ1n) is 10.7. The van der Waals surface area contributed by atoms with Crippen LogP contribution in [0.2, 0.25) is 0 Å². The van der Waals surface area contributed by atoms with Crippen molar-refractivity contribution < 1.29 is 9.90 Å². The number of amides is 2. The van der Waals surface area contributed by atoms with E-state index in [4.69, 9.17) is 0 Å². The molecule has 5 nitrogen and oxygen atoms in total. The van der Waals surface area contributed by atoms with E-state index in [-0.39, 0.29) is 17.0 Å². The molecule has 6 aliphatic rings. The zero-order chi connectivity index (χ0) is 18.0. The van der Waals surface area contributed by atoms with Crippen molar-refractivity contribution >= 4 is 6.03 Å². The maximum Gasteiger partial charge on any atom is 0.315 e. The van der Waals surface area contributed by atoms with E-state index in [1.165, 1.54) is 49.9 Å². The van der Waals surface area contributed by atoms with Gasteiger partial charge in [0.1, 0.15) is 5.75 Å². The molecule has 5 atom stereocenters. The summed E-state index contributed by atoms with van der Waals surface area (Å²) in [4.78, 5) is 14.8. The lowest BCUT2D eigenvalue weighted by atomic mass is 9.55. The van der Waals surface area contributed by atoms with Crippen LogP contribution in [-0.4, -0.2) is 47.3 Å². The lowest BCUT2D eigenvalue weighted by molar-refractivity contribution is -0.0368. The third kappa shape index (κ3) is 1.69. The molecule has 1 aromatic carbocycles. The van der Waals surface area contributed by atoms with Crippen molar-refractivity contribution in [3.05, 3.63) is 29.3 Å². The minimum atomic E-state index is -0.104. The minimum Gasteiger partial charge on any atom is -0.508 e. The van der Waals surface area contributed by atoms with Crippen molar-refractivity contribution in [1.82, 2.24) is 15.5 Å². The molecule has 3 saturated carbocycles. The molecular formula is C22H27N3O2. The molecule has 1 aromatic rings. The Balaban J connectivity index is 1.35. The highest BCUT2D eigenvalue weighted by Crippen LogP contribution is 2.73. The zero-order valence-corrected chi connectivity index (χ0v) is 15.6. The first-order valence-corrected chi connectivity index (χ1v) is 10.7. The Kier molecular flexibility index (Phi) is 2.51. The first-order chi connectivity index (χ1) is 13.0. The van der Waals surface area contributed by atoms with Crippen LogP contribution in [0.3, 0.4) is 0 Å². The third-order valence-corrected chi connectivity index (χ3v) is 8.99. The molecule has 7 rings (SSSR count). The van der Waals surface area contributed by atoms with Crippen molar-refractivity contribution in [2.24, 2.45) is 11.8 Å². The number of hydrogen-bond donors (Lipinski definition) is 3. The standard InChI is InChI=1S/C22H27N3O2/c26-14-3-4-15-17(7-14)21-9-20(11-23-19(27)24-20)6-5-16(21)18-22(15,10-21)12-25(18)8-13-1-2-13/h3-4,7,13,16,18,26H,1-2,5-6,8-12H2,(H2,23,24,27)/t16-,18-,20-,21+,22?/m0/s1. The zero-order valence-electron chi connectivity index (χ0n) is 15.6. The largest absolute Gasteiger partial charge is 0.508 e. The van der Waals surface area contributed by atoms with Crippen LogP contribution in [0.4, 0.5) is 4.79 Å². The van der Waals surface area contributed by atoms with Gasteiger partial charge in [-0.05, 0) is 73.6 Å². The molecule has 142 valence electrons. The predicted molar refractivity (Wildman–Crippen MR) is 101 cm³/mol. The number of hydrogen-bond acceptors (Lipinski definition) is 3. The van der Waals surface area contributed by atoms with Gasteiger partial charge in [-0.3, -0.25) is 4.90 Å². The van der Waals surface area contributed by atoms with E-state index in [1.54, 1.807) is 0 Å². The lowest BCUT2D eigenvalue weighted by Gasteiger charge is -2.60. The number of likely N-dealkylation sites (tertiary alicyclic amines) is 1. The molecular weight excluding hydrogens is 338 g/mol. The van der Waals surface area contributed by atoms with Crippen molar-refractivity contribution in [3.8, 4) is 5.75 Å². The number of nitrogens with one attached hydrogen (secondary N) is 2. The van der Waals surface area contributed by atoms with E-state index >= 15 is 0 Å². The second-order valence-electron chi connectivity index (χ2n) is 10.4. The van der Waals surface area contributed by atoms with Crippen LogP contribution in [0.15, 0.2) is 18.2 Å². The smallest absolute Gasteiger partial charge is 0.315 e. The Labute approximate surface area is 159 Å². The maximum atomic E-state index is 12.0. The number of nitrogens with zero attached hydrogens (tertiary/aromatic N) is 1. The Morgan fingerprint density at radius 3 is 2.81 bits per heavy atom. The summed E-state index contributed by atoms with van der Waals surface area (Å²) in [6.45, 7) is 3.23. The number of fused-ring (bicyclic) bond motifs is 2. The molecule has 2 saturated heterocycles. The van der Waals surface area contributed by atoms with Gasteiger partial charge in [-0.1, -0.05) is 6.07 Å². The van der Waals surface area contributed by atoms with Gasteiger partial charge in [-0.25, -0.2) is 4.79 Å². The Morgan fingerprint density at radius 2 is 2.04 bits per heavy atom. The molecule has 27 heavy (non-hydrogen) atoms. The van der Waals surface area contributed by atoms with Crippen molar-refractivity contribution in [2.75, 3.05) is 19.6 Å². The average molecular weight is 365 g/mol. The number of phenols is 1. The molecule has 2 bridgehead atoms. The summed E-state index contributed by atoms with van der Waals surface area (Å²) in [7, 11) is 0. The van der Waals surface area contributed by atoms with Gasteiger partial charge in [0.25, 0.3) is 0 Å². The van der Waals surface area contributed by atoms with Gasteiger partial charge in [-0.2, -0.15) is 0 Å². The molecule has 5 heteroatoms. The number of benzene rings is 1. The number of carbonyl (C=O) groups is 1. The number of rotatable bonds is 2. The minimum absolute atomic E-state index is 0.00924. The summed E-state index contributed by atoms with van der Waals surface area (Å²) in [6, 6.07) is 6.82. The van der Waals surface area contributed by atoms with E-state index < -0.39 is 0 Å². The van der Waals surface area contributed by atoms with Gasteiger partial charge in [-0.15, -0.1) is 0 Å². The molecule has 2 aliphatic heterocycles. The summed E-state index contributed by atoms with van der Waals surface area (Å²) in [5.74, 6) is 2.00. The Bertz CT molecular complexity index is 882. The number of aromatic hydroxyl groups is 1. The second-order valence-corrected chi connectivity index (χ2v) is 10.4. The summed E-state index contributed by atoms with van der Waals surface area (Å²) in [6.07, 6.45) is 7.33. The number of carbonyl (C=O) groups excluding carboxylic acids is 1. The first kappa shape index (κ1) is 15.2. The molecule has 3 spiro atoms. The van der Waals surface area contributed by atoms with E-state index in [2.05, 4.69) is 27.7 Å². The molecule has 4 aliphatic carbocycles. The average Bonchev–Trinajstić information content (AvgIpc) is 3.26. The molecule has 2 amide bonds. The predicted octanol–water partition coefficient (Wildman–Crippen LogP) is 2.23. The Morgan fingerprint density at radius 1 is 1.15 bits per heavy atom. The normalized spacial score (nSPS) is 46.4. The SMILES string of the molecule is O=C1NC[C@@]2(CC[C@H]3[C@@H]4N(CC5CC5)CC45C[C@@]3(C2)c2cc(O)ccc25)N1. The molecule has 3 N–H and O–H groups in total. The van der Waals surface area contributed by atoms with E-state index in [9.17, 15) is 9.90 Å². The van der Waals surface area contributed by atoms with Crippen LogP contribution < -0.4 is 10.6 Å². The Hall–Kier alpha value is -1.75. The monoisotopic (exact) mass is 365 g/mol. The van der Waals surface area contributed by atoms with Crippen LogP contribution in [0.1, 0.15) is 49.7 Å². The fourth-order valence-electron chi connectivity index (χ4n) is 8.09. The van der Waals surface area contributed by atoms with Crippen LogP contribution in [0, 0.1) is 11.8 Å².